The number of hydrogen-bond acceptors (Lipinski definition) is 4. The van der Waals surface area contributed by atoms with Gasteiger partial charge in [0.15, 0.2) is 0 Å². The predicted octanol–water partition coefficient (Wildman–Crippen LogP) is 3.80. The standard InChI is InChI=1S/C19H25ClF3N3O3/c1-18(2,3)29-17(28)25-8-9-26(16(27)10-20)15(12-25)11-24-14-6-4-13(5-7-14)19(21,22)23/h4-7,15,24H,8-12H2,1-3H3. The van der Waals surface area contributed by atoms with E-state index >= 15 is 0 Å². The van der Waals surface area contributed by atoms with E-state index in [4.69, 9.17) is 16.3 Å². The van der Waals surface area contributed by atoms with E-state index in [2.05, 4.69) is 5.32 Å². The van der Waals surface area contributed by atoms with Gasteiger partial charge in [-0.2, -0.15) is 13.2 Å². The van der Waals surface area contributed by atoms with Crippen molar-refractivity contribution in [2.24, 2.45) is 0 Å². The monoisotopic (exact) mass is 435 g/mol. The molecular formula is C19H25ClF3N3O3. The van der Waals surface area contributed by atoms with E-state index in [-0.39, 0.29) is 24.9 Å². The predicted molar refractivity (Wildman–Crippen MR) is 104 cm³/mol. The molecule has 0 radical (unpaired) electrons. The lowest BCUT2D eigenvalue weighted by atomic mass is 10.1. The molecular weight excluding hydrogens is 411 g/mol. The summed E-state index contributed by atoms with van der Waals surface area (Å²) in [5, 5.41) is 3.03. The minimum atomic E-state index is -4.40. The molecule has 10 heteroatoms. The molecule has 0 aromatic heterocycles. The van der Waals surface area contributed by atoms with Crippen LogP contribution in [0, 0.1) is 0 Å². The maximum Gasteiger partial charge on any atom is 0.416 e. The fourth-order valence-electron chi connectivity index (χ4n) is 2.94. The van der Waals surface area contributed by atoms with Gasteiger partial charge in [-0.25, -0.2) is 4.79 Å². The Morgan fingerprint density at radius 2 is 1.79 bits per heavy atom. The van der Waals surface area contributed by atoms with Gasteiger partial charge in [0.2, 0.25) is 5.91 Å². The van der Waals surface area contributed by atoms with Crippen LogP contribution in [0.2, 0.25) is 0 Å². The minimum absolute atomic E-state index is 0.191. The molecule has 1 aromatic rings. The van der Waals surface area contributed by atoms with Crippen LogP contribution >= 0.6 is 11.6 Å². The number of ether oxygens (including phenoxy) is 1. The first-order chi connectivity index (χ1) is 13.4. The number of rotatable bonds is 4. The molecule has 1 fully saturated rings. The Kier molecular flexibility index (Phi) is 7.26. The second-order valence-electron chi connectivity index (χ2n) is 7.76. The van der Waals surface area contributed by atoms with Crippen molar-refractivity contribution >= 4 is 29.3 Å². The smallest absolute Gasteiger partial charge is 0.416 e. The summed E-state index contributed by atoms with van der Waals surface area (Å²) in [5.41, 5.74) is -0.907. The van der Waals surface area contributed by atoms with Crippen LogP contribution in [-0.2, 0) is 15.7 Å². The van der Waals surface area contributed by atoms with Crippen molar-refractivity contribution in [3.8, 4) is 0 Å². The van der Waals surface area contributed by atoms with Crippen molar-refractivity contribution in [3.63, 3.8) is 0 Å². The quantitative estimate of drug-likeness (QED) is 0.731. The molecule has 0 bridgehead atoms. The van der Waals surface area contributed by atoms with Crippen molar-refractivity contribution in [3.05, 3.63) is 29.8 Å². The molecule has 2 rings (SSSR count). The van der Waals surface area contributed by atoms with Gasteiger partial charge in [0.1, 0.15) is 11.5 Å². The Labute approximate surface area is 172 Å². The summed E-state index contributed by atoms with van der Waals surface area (Å²) >= 11 is 5.69. The van der Waals surface area contributed by atoms with Gasteiger partial charge in [-0.3, -0.25) is 4.79 Å². The highest BCUT2D eigenvalue weighted by atomic mass is 35.5. The van der Waals surface area contributed by atoms with E-state index in [1.165, 1.54) is 17.0 Å². The lowest BCUT2D eigenvalue weighted by Crippen LogP contribution is -2.59. The topological polar surface area (TPSA) is 61.9 Å². The van der Waals surface area contributed by atoms with Crippen molar-refractivity contribution in [2.45, 2.75) is 38.6 Å². The molecule has 0 aliphatic carbocycles. The van der Waals surface area contributed by atoms with Gasteiger partial charge in [-0.15, -0.1) is 11.6 Å². The van der Waals surface area contributed by atoms with Crippen molar-refractivity contribution in [2.75, 3.05) is 37.4 Å². The number of carbonyl (C=O) groups is 2. The van der Waals surface area contributed by atoms with Gasteiger partial charge < -0.3 is 19.9 Å². The zero-order chi connectivity index (χ0) is 21.8. The third-order valence-corrected chi connectivity index (χ3v) is 4.55. The number of alkyl halides is 4. The minimum Gasteiger partial charge on any atom is -0.444 e. The van der Waals surface area contributed by atoms with Gasteiger partial charge >= 0.3 is 12.3 Å². The molecule has 6 nitrogen and oxygen atoms in total. The second kappa shape index (κ2) is 9.11. The summed E-state index contributed by atoms with van der Waals surface area (Å²) < 4.78 is 43.4. The molecule has 1 atom stereocenters. The number of anilines is 1. The summed E-state index contributed by atoms with van der Waals surface area (Å²) in [6, 6.07) is 4.22. The third kappa shape index (κ3) is 6.69. The first-order valence-electron chi connectivity index (χ1n) is 9.15. The molecule has 1 N–H and O–H groups in total. The fourth-order valence-corrected chi connectivity index (χ4v) is 3.09. The first-order valence-corrected chi connectivity index (χ1v) is 9.68. The highest BCUT2D eigenvalue weighted by Gasteiger charge is 2.34. The molecule has 1 aliphatic rings. The second-order valence-corrected chi connectivity index (χ2v) is 8.02. The fraction of sp³-hybridized carbons (Fsp3) is 0.579. The number of nitrogens with zero attached hydrogens (tertiary/aromatic N) is 2. The van der Waals surface area contributed by atoms with E-state index in [0.717, 1.165) is 12.1 Å². The number of nitrogens with one attached hydrogen (secondary N) is 1. The SMILES string of the molecule is CC(C)(C)OC(=O)N1CCN(C(=O)CCl)C(CNc2ccc(C(F)(F)F)cc2)C1. The van der Waals surface area contributed by atoms with Gasteiger partial charge in [0.25, 0.3) is 0 Å². The van der Waals surface area contributed by atoms with Crippen molar-refractivity contribution in [1.82, 2.24) is 9.80 Å². The summed E-state index contributed by atoms with van der Waals surface area (Å²) in [4.78, 5) is 27.6. The number of amides is 2. The van der Waals surface area contributed by atoms with Crippen molar-refractivity contribution < 1.29 is 27.5 Å². The van der Waals surface area contributed by atoms with Crippen LogP contribution < -0.4 is 5.32 Å². The summed E-state index contributed by atoms with van der Waals surface area (Å²) in [6.45, 7) is 6.38. The lowest BCUT2D eigenvalue weighted by molar-refractivity contribution is -0.137. The van der Waals surface area contributed by atoms with Gasteiger partial charge in [-0.05, 0) is 45.0 Å². The third-order valence-electron chi connectivity index (χ3n) is 4.32. The summed E-state index contributed by atoms with van der Waals surface area (Å²) in [7, 11) is 0. The van der Waals surface area contributed by atoms with E-state index in [1.807, 2.05) is 0 Å². The van der Waals surface area contributed by atoms with E-state index in [1.54, 1.807) is 25.7 Å². The molecule has 29 heavy (non-hydrogen) atoms. The van der Waals surface area contributed by atoms with Crippen LogP contribution in [0.3, 0.4) is 0 Å². The Hall–Kier alpha value is -2.16. The Morgan fingerprint density at radius 1 is 1.17 bits per heavy atom. The van der Waals surface area contributed by atoms with E-state index in [9.17, 15) is 22.8 Å². The molecule has 1 saturated heterocycles. The lowest BCUT2D eigenvalue weighted by Gasteiger charge is -2.41. The zero-order valence-electron chi connectivity index (χ0n) is 16.6. The number of carbonyl (C=O) groups excluding carboxylic acids is 2. The van der Waals surface area contributed by atoms with Gasteiger partial charge in [-0.1, -0.05) is 0 Å². The molecule has 162 valence electrons. The van der Waals surface area contributed by atoms with Crippen LogP contribution in [-0.4, -0.2) is 65.5 Å². The van der Waals surface area contributed by atoms with Crippen LogP contribution in [0.25, 0.3) is 0 Å². The highest BCUT2D eigenvalue weighted by molar-refractivity contribution is 6.27. The summed E-state index contributed by atoms with van der Waals surface area (Å²) in [5.74, 6) is -0.460. The molecule has 2 amide bonds. The summed E-state index contributed by atoms with van der Waals surface area (Å²) in [6.07, 6.45) is -4.88. The average molecular weight is 436 g/mol. The largest absolute Gasteiger partial charge is 0.444 e. The number of halogens is 4. The highest BCUT2D eigenvalue weighted by Crippen LogP contribution is 2.29. The van der Waals surface area contributed by atoms with Crippen LogP contribution in [0.1, 0.15) is 26.3 Å². The molecule has 1 unspecified atom stereocenters. The normalized spacial score (nSPS) is 17.8. The Morgan fingerprint density at radius 3 is 2.31 bits per heavy atom. The van der Waals surface area contributed by atoms with Gasteiger partial charge in [0.05, 0.1) is 11.6 Å². The molecule has 1 aliphatic heterocycles. The van der Waals surface area contributed by atoms with E-state index in [0.29, 0.717) is 18.8 Å². The molecule has 0 saturated carbocycles. The number of benzene rings is 1. The van der Waals surface area contributed by atoms with Crippen LogP contribution in [0.4, 0.5) is 23.7 Å². The number of piperazine rings is 1. The maximum absolute atomic E-state index is 12.7. The van der Waals surface area contributed by atoms with Crippen molar-refractivity contribution in [1.29, 1.82) is 0 Å². The molecule has 1 heterocycles. The average Bonchev–Trinajstić information content (AvgIpc) is 2.63. The Bertz CT molecular complexity index is 720. The number of hydrogen-bond donors (Lipinski definition) is 1. The zero-order valence-corrected chi connectivity index (χ0v) is 17.3. The van der Waals surface area contributed by atoms with Crippen LogP contribution in [0.15, 0.2) is 24.3 Å². The van der Waals surface area contributed by atoms with Crippen LogP contribution in [0.5, 0.6) is 0 Å². The van der Waals surface area contributed by atoms with E-state index < -0.39 is 29.5 Å². The van der Waals surface area contributed by atoms with Gasteiger partial charge in [0, 0.05) is 31.9 Å². The Balaban J connectivity index is 2.06. The maximum atomic E-state index is 12.7. The molecule has 0 spiro atoms. The molecule has 1 aromatic carbocycles. The first kappa shape index (κ1) is 23.1.